The highest BCUT2D eigenvalue weighted by atomic mass is 15.2. The maximum Gasteiger partial charge on any atom is 0.00951 e. The van der Waals surface area contributed by atoms with Gasteiger partial charge in [-0.15, -0.1) is 0 Å². The minimum Gasteiger partial charge on any atom is -0.315 e. The molecule has 0 aromatic carbocycles. The first kappa shape index (κ1) is 15.0. The Bertz CT molecular complexity index is 178. The van der Waals surface area contributed by atoms with Crippen LogP contribution in [0.5, 0.6) is 0 Å². The van der Waals surface area contributed by atoms with Gasteiger partial charge < -0.3 is 10.2 Å². The van der Waals surface area contributed by atoms with Gasteiger partial charge in [0, 0.05) is 12.1 Å². The van der Waals surface area contributed by atoms with Crippen molar-refractivity contribution >= 4 is 0 Å². The van der Waals surface area contributed by atoms with E-state index in [-0.39, 0.29) is 0 Å². The zero-order chi connectivity index (χ0) is 12.5. The Labute approximate surface area is 108 Å². The van der Waals surface area contributed by atoms with E-state index < -0.39 is 0 Å². The molecular weight excluding hydrogens is 208 g/mol. The minimum atomic E-state index is 0.637. The summed E-state index contributed by atoms with van der Waals surface area (Å²) in [5, 5.41) is 3.50. The summed E-state index contributed by atoms with van der Waals surface area (Å²) < 4.78 is 0. The van der Waals surface area contributed by atoms with Gasteiger partial charge in [-0.25, -0.2) is 0 Å². The molecule has 1 aliphatic rings. The molecule has 1 heterocycles. The largest absolute Gasteiger partial charge is 0.315 e. The maximum atomic E-state index is 3.50. The monoisotopic (exact) mass is 240 g/mol. The third-order valence-electron chi connectivity index (χ3n) is 3.80. The molecular formula is C15H32N2. The molecule has 0 bridgehead atoms. The van der Waals surface area contributed by atoms with Crippen LogP contribution in [-0.2, 0) is 0 Å². The van der Waals surface area contributed by atoms with E-state index in [1.165, 1.54) is 64.6 Å². The molecule has 1 rings (SSSR count). The van der Waals surface area contributed by atoms with Crippen LogP contribution in [0.2, 0.25) is 0 Å². The second-order valence-electron chi connectivity index (χ2n) is 5.79. The molecule has 0 amide bonds. The molecule has 0 spiro atoms. The van der Waals surface area contributed by atoms with Crippen molar-refractivity contribution in [1.82, 2.24) is 10.2 Å². The van der Waals surface area contributed by atoms with Crippen LogP contribution < -0.4 is 5.32 Å². The first-order chi connectivity index (χ1) is 8.24. The van der Waals surface area contributed by atoms with Crippen LogP contribution in [0.4, 0.5) is 0 Å². The Morgan fingerprint density at radius 2 is 2.06 bits per heavy atom. The van der Waals surface area contributed by atoms with E-state index >= 15 is 0 Å². The van der Waals surface area contributed by atoms with E-state index in [0.717, 1.165) is 6.04 Å². The molecule has 0 aromatic rings. The number of piperidine rings is 1. The summed E-state index contributed by atoms with van der Waals surface area (Å²) in [6, 6.07) is 1.53. The number of likely N-dealkylation sites (tertiary alicyclic amines) is 1. The minimum absolute atomic E-state index is 0.637. The second kappa shape index (κ2) is 8.93. The fraction of sp³-hybridized carbons (Fsp3) is 1.00. The molecule has 0 radical (unpaired) electrons. The molecule has 102 valence electrons. The topological polar surface area (TPSA) is 15.3 Å². The highest BCUT2D eigenvalue weighted by Crippen LogP contribution is 2.20. The van der Waals surface area contributed by atoms with Crippen molar-refractivity contribution in [2.45, 2.75) is 77.8 Å². The molecule has 17 heavy (non-hydrogen) atoms. The summed E-state index contributed by atoms with van der Waals surface area (Å²) in [5.74, 6) is 0. The standard InChI is InChI=1S/C15H32N2/c1-4-9-15-10-5-7-12-17(15)13-8-6-11-16-14(2)3/h14-16H,4-13H2,1-3H3. The molecule has 1 aliphatic heterocycles. The quantitative estimate of drug-likeness (QED) is 0.654. The summed E-state index contributed by atoms with van der Waals surface area (Å²) in [7, 11) is 0. The van der Waals surface area contributed by atoms with E-state index in [1.54, 1.807) is 0 Å². The van der Waals surface area contributed by atoms with Gasteiger partial charge in [-0.05, 0) is 51.7 Å². The van der Waals surface area contributed by atoms with Crippen molar-refractivity contribution in [3.05, 3.63) is 0 Å². The van der Waals surface area contributed by atoms with Gasteiger partial charge in [-0.1, -0.05) is 33.6 Å². The van der Waals surface area contributed by atoms with Crippen molar-refractivity contribution in [1.29, 1.82) is 0 Å². The van der Waals surface area contributed by atoms with E-state index in [0.29, 0.717) is 6.04 Å². The molecule has 0 aromatic heterocycles. The Morgan fingerprint density at radius 3 is 2.76 bits per heavy atom. The fourth-order valence-electron chi connectivity index (χ4n) is 2.85. The summed E-state index contributed by atoms with van der Waals surface area (Å²) in [6.07, 6.45) is 9.76. The fourth-order valence-corrected chi connectivity index (χ4v) is 2.85. The lowest BCUT2D eigenvalue weighted by Gasteiger charge is -2.35. The molecule has 0 saturated carbocycles. The molecule has 1 N–H and O–H groups in total. The Morgan fingerprint density at radius 1 is 1.24 bits per heavy atom. The third-order valence-corrected chi connectivity index (χ3v) is 3.80. The Balaban J connectivity index is 2.10. The predicted molar refractivity (Wildman–Crippen MR) is 76.5 cm³/mol. The Kier molecular flexibility index (Phi) is 7.87. The number of hydrogen-bond acceptors (Lipinski definition) is 2. The SMILES string of the molecule is CCCC1CCCCN1CCCCNC(C)C. The predicted octanol–water partition coefficient (Wildman–Crippen LogP) is 3.42. The lowest BCUT2D eigenvalue weighted by Crippen LogP contribution is -2.40. The van der Waals surface area contributed by atoms with E-state index in [4.69, 9.17) is 0 Å². The third kappa shape index (κ3) is 6.42. The molecule has 0 aliphatic carbocycles. The molecule has 1 fully saturated rings. The summed E-state index contributed by atoms with van der Waals surface area (Å²) >= 11 is 0. The average molecular weight is 240 g/mol. The van der Waals surface area contributed by atoms with Crippen LogP contribution in [0.15, 0.2) is 0 Å². The van der Waals surface area contributed by atoms with Crippen LogP contribution in [0.1, 0.15) is 65.7 Å². The van der Waals surface area contributed by atoms with Gasteiger partial charge in [0.05, 0.1) is 0 Å². The molecule has 2 heteroatoms. The van der Waals surface area contributed by atoms with Crippen LogP contribution in [0.25, 0.3) is 0 Å². The number of nitrogens with zero attached hydrogens (tertiary/aromatic N) is 1. The van der Waals surface area contributed by atoms with Crippen molar-refractivity contribution in [2.75, 3.05) is 19.6 Å². The summed E-state index contributed by atoms with van der Waals surface area (Å²) in [4.78, 5) is 2.75. The van der Waals surface area contributed by atoms with E-state index in [9.17, 15) is 0 Å². The van der Waals surface area contributed by atoms with Crippen molar-refractivity contribution in [3.63, 3.8) is 0 Å². The summed E-state index contributed by atoms with van der Waals surface area (Å²) in [5.41, 5.74) is 0. The van der Waals surface area contributed by atoms with Gasteiger partial charge in [0.1, 0.15) is 0 Å². The van der Waals surface area contributed by atoms with Gasteiger partial charge in [-0.3, -0.25) is 0 Å². The van der Waals surface area contributed by atoms with Gasteiger partial charge >= 0.3 is 0 Å². The van der Waals surface area contributed by atoms with Gasteiger partial charge in [0.15, 0.2) is 0 Å². The van der Waals surface area contributed by atoms with Crippen LogP contribution >= 0.6 is 0 Å². The Hall–Kier alpha value is -0.0800. The smallest absolute Gasteiger partial charge is 0.00951 e. The van der Waals surface area contributed by atoms with Crippen LogP contribution in [-0.4, -0.2) is 36.6 Å². The first-order valence-electron chi connectivity index (χ1n) is 7.71. The van der Waals surface area contributed by atoms with Crippen LogP contribution in [0, 0.1) is 0 Å². The lowest BCUT2D eigenvalue weighted by molar-refractivity contribution is 0.137. The second-order valence-corrected chi connectivity index (χ2v) is 5.79. The lowest BCUT2D eigenvalue weighted by atomic mass is 9.98. The van der Waals surface area contributed by atoms with Gasteiger partial charge in [-0.2, -0.15) is 0 Å². The first-order valence-corrected chi connectivity index (χ1v) is 7.71. The normalized spacial score (nSPS) is 22.2. The average Bonchev–Trinajstić information content (AvgIpc) is 2.31. The van der Waals surface area contributed by atoms with Crippen molar-refractivity contribution < 1.29 is 0 Å². The number of unbranched alkanes of at least 4 members (excludes halogenated alkanes) is 1. The number of hydrogen-bond donors (Lipinski definition) is 1. The number of nitrogens with one attached hydrogen (secondary N) is 1. The van der Waals surface area contributed by atoms with Gasteiger partial charge in [0.25, 0.3) is 0 Å². The molecule has 1 atom stereocenters. The molecule has 1 unspecified atom stereocenters. The molecule has 2 nitrogen and oxygen atoms in total. The zero-order valence-electron chi connectivity index (χ0n) is 12.2. The van der Waals surface area contributed by atoms with E-state index in [1.807, 2.05) is 0 Å². The number of rotatable bonds is 8. The zero-order valence-corrected chi connectivity index (χ0v) is 12.2. The van der Waals surface area contributed by atoms with Crippen molar-refractivity contribution in [3.8, 4) is 0 Å². The van der Waals surface area contributed by atoms with Crippen molar-refractivity contribution in [2.24, 2.45) is 0 Å². The summed E-state index contributed by atoms with van der Waals surface area (Å²) in [6.45, 7) is 10.6. The highest BCUT2D eigenvalue weighted by molar-refractivity contribution is 4.76. The molecule has 1 saturated heterocycles. The maximum absolute atomic E-state index is 3.50. The van der Waals surface area contributed by atoms with Crippen LogP contribution in [0.3, 0.4) is 0 Å². The van der Waals surface area contributed by atoms with E-state index in [2.05, 4.69) is 31.0 Å². The highest BCUT2D eigenvalue weighted by Gasteiger charge is 2.20. The van der Waals surface area contributed by atoms with Gasteiger partial charge in [0.2, 0.25) is 0 Å².